The number of fused-ring (bicyclic) bond motifs is 2. The van der Waals surface area contributed by atoms with Gasteiger partial charge < -0.3 is 14.8 Å². The molecule has 3 aromatic rings. The van der Waals surface area contributed by atoms with E-state index >= 15 is 0 Å². The van der Waals surface area contributed by atoms with E-state index in [2.05, 4.69) is 5.32 Å². The third kappa shape index (κ3) is 3.23. The molecule has 1 aliphatic heterocycles. The van der Waals surface area contributed by atoms with Crippen molar-refractivity contribution in [1.29, 1.82) is 0 Å². The van der Waals surface area contributed by atoms with Gasteiger partial charge in [0.05, 0.1) is 19.3 Å². The molecule has 4 rings (SSSR count). The molecule has 4 heteroatoms. The molecule has 132 valence electrons. The molecule has 1 amide bonds. The molecule has 0 saturated heterocycles. The van der Waals surface area contributed by atoms with Crippen molar-refractivity contribution in [3.05, 3.63) is 71.8 Å². The number of ether oxygens (including phenoxy) is 2. The summed E-state index contributed by atoms with van der Waals surface area (Å²) in [6, 6.07) is 19.4. The van der Waals surface area contributed by atoms with Crippen LogP contribution in [0.3, 0.4) is 0 Å². The van der Waals surface area contributed by atoms with E-state index in [-0.39, 0.29) is 11.9 Å². The first-order chi connectivity index (χ1) is 12.7. The van der Waals surface area contributed by atoms with Gasteiger partial charge in [-0.1, -0.05) is 42.5 Å². The van der Waals surface area contributed by atoms with Gasteiger partial charge >= 0.3 is 0 Å². The minimum absolute atomic E-state index is 0.0820. The van der Waals surface area contributed by atoms with Gasteiger partial charge in [-0.25, -0.2) is 0 Å². The molecule has 0 bridgehead atoms. The van der Waals surface area contributed by atoms with E-state index in [1.165, 1.54) is 0 Å². The van der Waals surface area contributed by atoms with Gasteiger partial charge in [-0.3, -0.25) is 4.79 Å². The topological polar surface area (TPSA) is 47.6 Å². The van der Waals surface area contributed by atoms with Crippen LogP contribution >= 0.6 is 0 Å². The van der Waals surface area contributed by atoms with E-state index in [0.717, 1.165) is 34.3 Å². The predicted octanol–water partition coefficient (Wildman–Crippen LogP) is 4.49. The van der Waals surface area contributed by atoms with Crippen molar-refractivity contribution < 1.29 is 14.3 Å². The minimum Gasteiger partial charge on any atom is -0.490 e. The lowest BCUT2D eigenvalue weighted by molar-refractivity contribution is 0.0941. The first-order valence-corrected chi connectivity index (χ1v) is 8.90. The number of carbonyl (C=O) groups is 1. The summed E-state index contributed by atoms with van der Waals surface area (Å²) < 4.78 is 11.4. The molecule has 0 fully saturated rings. The maximum absolute atomic E-state index is 12.8. The molecule has 4 nitrogen and oxygen atoms in total. The van der Waals surface area contributed by atoms with Crippen molar-refractivity contribution in [1.82, 2.24) is 5.32 Å². The molecular formula is C22H21NO3. The van der Waals surface area contributed by atoms with E-state index in [4.69, 9.17) is 9.47 Å². The van der Waals surface area contributed by atoms with Gasteiger partial charge in [0.15, 0.2) is 11.5 Å². The molecule has 0 aliphatic carbocycles. The summed E-state index contributed by atoms with van der Waals surface area (Å²) in [5.74, 6) is 1.42. The number of rotatable bonds is 3. The highest BCUT2D eigenvalue weighted by Gasteiger charge is 2.17. The average Bonchev–Trinajstić information content (AvgIpc) is 2.92. The van der Waals surface area contributed by atoms with Crippen molar-refractivity contribution in [2.75, 3.05) is 13.2 Å². The smallest absolute Gasteiger partial charge is 0.252 e. The maximum atomic E-state index is 12.8. The molecule has 1 atom stereocenters. The third-order valence-electron chi connectivity index (χ3n) is 4.65. The summed E-state index contributed by atoms with van der Waals surface area (Å²) in [4.78, 5) is 12.8. The second-order valence-corrected chi connectivity index (χ2v) is 6.48. The van der Waals surface area contributed by atoms with Gasteiger partial charge in [0, 0.05) is 12.0 Å². The summed E-state index contributed by atoms with van der Waals surface area (Å²) in [5.41, 5.74) is 1.67. The van der Waals surface area contributed by atoms with Gasteiger partial charge in [0.1, 0.15) is 0 Å². The van der Waals surface area contributed by atoms with Gasteiger partial charge in [-0.15, -0.1) is 0 Å². The van der Waals surface area contributed by atoms with Crippen LogP contribution in [0.15, 0.2) is 60.7 Å². The van der Waals surface area contributed by atoms with Crippen molar-refractivity contribution in [2.24, 2.45) is 0 Å². The van der Waals surface area contributed by atoms with E-state index in [1.807, 2.05) is 67.6 Å². The van der Waals surface area contributed by atoms with Gasteiger partial charge in [-0.2, -0.15) is 0 Å². The lowest BCUT2D eigenvalue weighted by Crippen LogP contribution is -2.26. The summed E-state index contributed by atoms with van der Waals surface area (Å²) >= 11 is 0. The largest absolute Gasteiger partial charge is 0.490 e. The monoisotopic (exact) mass is 347 g/mol. The van der Waals surface area contributed by atoms with Crippen LogP contribution in [0.25, 0.3) is 10.8 Å². The Hall–Kier alpha value is -3.01. The number of nitrogens with one attached hydrogen (secondary N) is 1. The Morgan fingerprint density at radius 3 is 2.62 bits per heavy atom. The zero-order valence-electron chi connectivity index (χ0n) is 14.7. The Labute approximate surface area is 152 Å². The van der Waals surface area contributed by atoms with Crippen LogP contribution in [0.5, 0.6) is 11.5 Å². The van der Waals surface area contributed by atoms with Gasteiger partial charge in [0.2, 0.25) is 0 Å². The van der Waals surface area contributed by atoms with Crippen LogP contribution in [0, 0.1) is 0 Å². The Bertz CT molecular complexity index is 946. The van der Waals surface area contributed by atoms with E-state index in [1.54, 1.807) is 0 Å². The number of amides is 1. The molecule has 0 spiro atoms. The Morgan fingerprint density at radius 1 is 0.962 bits per heavy atom. The molecule has 26 heavy (non-hydrogen) atoms. The zero-order chi connectivity index (χ0) is 17.9. The number of hydrogen-bond donors (Lipinski definition) is 1. The lowest BCUT2D eigenvalue weighted by Gasteiger charge is -2.17. The number of hydrogen-bond acceptors (Lipinski definition) is 3. The van der Waals surface area contributed by atoms with Gasteiger partial charge in [0.25, 0.3) is 5.91 Å². The quantitative estimate of drug-likeness (QED) is 0.759. The first kappa shape index (κ1) is 16.5. The van der Waals surface area contributed by atoms with Crippen LogP contribution in [-0.2, 0) is 0 Å². The van der Waals surface area contributed by atoms with E-state index < -0.39 is 0 Å². The van der Waals surface area contributed by atoms with Crippen molar-refractivity contribution in [3.63, 3.8) is 0 Å². The SMILES string of the molecule is CC(NC(=O)c1cccc2ccccc12)c1ccc2c(c1)OCCCO2. The molecule has 1 heterocycles. The van der Waals surface area contributed by atoms with Gasteiger partial charge in [-0.05, 0) is 41.5 Å². The fourth-order valence-electron chi connectivity index (χ4n) is 3.23. The highest BCUT2D eigenvalue weighted by atomic mass is 16.5. The molecule has 0 aromatic heterocycles. The fraction of sp³-hybridized carbons (Fsp3) is 0.227. The summed E-state index contributed by atoms with van der Waals surface area (Å²) in [6.45, 7) is 3.29. The predicted molar refractivity (Wildman–Crippen MR) is 102 cm³/mol. The first-order valence-electron chi connectivity index (χ1n) is 8.90. The lowest BCUT2D eigenvalue weighted by atomic mass is 10.0. The highest BCUT2D eigenvalue weighted by molar-refractivity contribution is 6.07. The van der Waals surface area contributed by atoms with Crippen LogP contribution in [-0.4, -0.2) is 19.1 Å². The minimum atomic E-state index is -0.140. The van der Waals surface area contributed by atoms with E-state index in [0.29, 0.717) is 18.8 Å². The fourth-order valence-corrected chi connectivity index (χ4v) is 3.23. The van der Waals surface area contributed by atoms with Crippen LogP contribution in [0.2, 0.25) is 0 Å². The molecular weight excluding hydrogens is 326 g/mol. The third-order valence-corrected chi connectivity index (χ3v) is 4.65. The van der Waals surface area contributed by atoms with E-state index in [9.17, 15) is 4.79 Å². The number of carbonyl (C=O) groups excluding carboxylic acids is 1. The normalized spacial score (nSPS) is 14.5. The van der Waals surface area contributed by atoms with Crippen LogP contribution in [0.1, 0.15) is 35.3 Å². The Balaban J connectivity index is 1.57. The second kappa shape index (κ2) is 7.08. The summed E-state index contributed by atoms with van der Waals surface area (Å²) in [5, 5.41) is 5.11. The molecule has 0 saturated carbocycles. The molecule has 1 unspecified atom stereocenters. The standard InChI is InChI=1S/C22H21NO3/c1-15(17-10-11-20-21(14-17)26-13-5-12-25-20)23-22(24)19-9-4-7-16-6-2-3-8-18(16)19/h2-4,6-11,14-15H,5,12-13H2,1H3,(H,23,24). The number of benzene rings is 3. The van der Waals surface area contributed by atoms with Crippen LogP contribution in [0.4, 0.5) is 0 Å². The maximum Gasteiger partial charge on any atom is 0.252 e. The van der Waals surface area contributed by atoms with Crippen LogP contribution < -0.4 is 14.8 Å². The Morgan fingerprint density at radius 2 is 1.73 bits per heavy atom. The Kier molecular flexibility index (Phi) is 4.48. The second-order valence-electron chi connectivity index (χ2n) is 6.48. The van der Waals surface area contributed by atoms with Crippen molar-refractivity contribution >= 4 is 16.7 Å². The molecule has 1 N–H and O–H groups in total. The average molecular weight is 347 g/mol. The summed E-state index contributed by atoms with van der Waals surface area (Å²) in [7, 11) is 0. The molecule has 3 aromatic carbocycles. The van der Waals surface area contributed by atoms with Crippen molar-refractivity contribution in [3.8, 4) is 11.5 Å². The zero-order valence-corrected chi connectivity index (χ0v) is 14.7. The summed E-state index contributed by atoms with van der Waals surface area (Å²) in [6.07, 6.45) is 0.872. The van der Waals surface area contributed by atoms with Crippen molar-refractivity contribution in [2.45, 2.75) is 19.4 Å². The molecule has 1 aliphatic rings. The highest BCUT2D eigenvalue weighted by Crippen LogP contribution is 2.32. The molecule has 0 radical (unpaired) electrons.